The van der Waals surface area contributed by atoms with Gasteiger partial charge in [0.15, 0.2) is 0 Å². The van der Waals surface area contributed by atoms with Gasteiger partial charge in [0.2, 0.25) is 5.91 Å². The third-order valence-corrected chi connectivity index (χ3v) is 4.22. The van der Waals surface area contributed by atoms with Crippen LogP contribution >= 0.6 is 11.8 Å². The molecule has 1 aromatic rings. The van der Waals surface area contributed by atoms with E-state index in [0.29, 0.717) is 5.75 Å². The Balaban J connectivity index is 2.53. The first kappa shape index (κ1) is 16.1. The van der Waals surface area contributed by atoms with Crippen molar-refractivity contribution < 1.29 is 4.79 Å². The molecule has 19 heavy (non-hydrogen) atoms. The number of thioether (sulfide) groups is 1. The fraction of sp³-hybridized carbons (Fsp3) is 0.533. The van der Waals surface area contributed by atoms with Gasteiger partial charge in [0.05, 0.1) is 5.75 Å². The normalized spacial score (nSPS) is 12.2. The summed E-state index contributed by atoms with van der Waals surface area (Å²) in [5, 5.41) is 3.02. The van der Waals surface area contributed by atoms with E-state index in [4.69, 9.17) is 5.73 Å². The molecule has 1 amide bonds. The fourth-order valence-corrected chi connectivity index (χ4v) is 2.71. The van der Waals surface area contributed by atoms with Gasteiger partial charge in [-0.05, 0) is 30.9 Å². The zero-order valence-electron chi connectivity index (χ0n) is 12.0. The molecule has 4 heteroatoms. The Kier molecular flexibility index (Phi) is 6.95. The van der Waals surface area contributed by atoms with Crippen LogP contribution in [-0.2, 0) is 11.2 Å². The van der Waals surface area contributed by atoms with Gasteiger partial charge in [0, 0.05) is 17.5 Å². The average molecular weight is 280 g/mol. The monoisotopic (exact) mass is 280 g/mol. The van der Waals surface area contributed by atoms with Crippen molar-refractivity contribution in [1.82, 2.24) is 0 Å². The van der Waals surface area contributed by atoms with E-state index in [2.05, 4.69) is 25.2 Å². The Bertz CT molecular complexity index is 421. The number of carbonyl (C=O) groups is 1. The maximum atomic E-state index is 11.9. The second-order valence-corrected chi connectivity index (χ2v) is 5.72. The maximum absolute atomic E-state index is 11.9. The highest BCUT2D eigenvalue weighted by atomic mass is 32.2. The Morgan fingerprint density at radius 3 is 2.79 bits per heavy atom. The van der Waals surface area contributed by atoms with Crippen LogP contribution in [0, 0.1) is 6.92 Å². The molecule has 1 unspecified atom stereocenters. The molecule has 0 aromatic heterocycles. The number of rotatable bonds is 7. The lowest BCUT2D eigenvalue weighted by Gasteiger charge is -2.13. The minimum absolute atomic E-state index is 0.0531. The SMILES string of the molecule is CCc1cccc(C)c1NC(=O)CSCC(N)CC. The topological polar surface area (TPSA) is 55.1 Å². The van der Waals surface area contributed by atoms with E-state index in [9.17, 15) is 4.79 Å². The fourth-order valence-electron chi connectivity index (χ4n) is 1.80. The zero-order valence-corrected chi connectivity index (χ0v) is 12.8. The molecule has 1 rings (SSSR count). The van der Waals surface area contributed by atoms with Crippen LogP contribution in [0.2, 0.25) is 0 Å². The number of carbonyl (C=O) groups excluding carboxylic acids is 1. The zero-order chi connectivity index (χ0) is 14.3. The Morgan fingerprint density at radius 1 is 1.42 bits per heavy atom. The molecule has 0 bridgehead atoms. The van der Waals surface area contributed by atoms with E-state index in [1.165, 1.54) is 5.56 Å². The van der Waals surface area contributed by atoms with Crippen molar-refractivity contribution in [2.75, 3.05) is 16.8 Å². The summed E-state index contributed by atoms with van der Waals surface area (Å²) >= 11 is 1.60. The van der Waals surface area contributed by atoms with Crippen LogP contribution in [0.3, 0.4) is 0 Å². The summed E-state index contributed by atoms with van der Waals surface area (Å²) in [6.07, 6.45) is 1.87. The summed E-state index contributed by atoms with van der Waals surface area (Å²) in [7, 11) is 0. The molecule has 3 N–H and O–H groups in total. The number of hydrogen-bond acceptors (Lipinski definition) is 3. The highest BCUT2D eigenvalue weighted by Crippen LogP contribution is 2.21. The largest absolute Gasteiger partial charge is 0.327 e. The van der Waals surface area contributed by atoms with E-state index in [-0.39, 0.29) is 11.9 Å². The molecular formula is C15H24N2OS. The van der Waals surface area contributed by atoms with Crippen LogP contribution in [0.25, 0.3) is 0 Å². The Hall–Kier alpha value is -1.000. The second-order valence-electron chi connectivity index (χ2n) is 4.69. The summed E-state index contributed by atoms with van der Waals surface area (Å²) in [4.78, 5) is 11.9. The van der Waals surface area contributed by atoms with E-state index in [0.717, 1.165) is 29.8 Å². The smallest absolute Gasteiger partial charge is 0.234 e. The predicted octanol–water partition coefficient (Wildman–Crippen LogP) is 2.97. The van der Waals surface area contributed by atoms with Crippen LogP contribution in [-0.4, -0.2) is 23.5 Å². The molecule has 0 aliphatic heterocycles. The van der Waals surface area contributed by atoms with Crippen molar-refractivity contribution in [1.29, 1.82) is 0 Å². The molecule has 0 saturated carbocycles. The molecule has 0 aliphatic rings. The van der Waals surface area contributed by atoms with E-state index < -0.39 is 0 Å². The van der Waals surface area contributed by atoms with Gasteiger partial charge in [0.25, 0.3) is 0 Å². The molecule has 0 spiro atoms. The number of nitrogens with one attached hydrogen (secondary N) is 1. The molecule has 0 heterocycles. The first-order chi connectivity index (χ1) is 9.08. The maximum Gasteiger partial charge on any atom is 0.234 e. The van der Waals surface area contributed by atoms with Crippen LogP contribution < -0.4 is 11.1 Å². The lowest BCUT2D eigenvalue weighted by atomic mass is 10.1. The lowest BCUT2D eigenvalue weighted by molar-refractivity contribution is -0.113. The van der Waals surface area contributed by atoms with E-state index >= 15 is 0 Å². The molecule has 0 radical (unpaired) electrons. The van der Waals surface area contributed by atoms with E-state index in [1.807, 2.05) is 19.1 Å². The summed E-state index contributed by atoms with van der Waals surface area (Å²) in [5.74, 6) is 1.35. The second kappa shape index (κ2) is 8.23. The molecular weight excluding hydrogens is 256 g/mol. The van der Waals surface area contributed by atoms with Crippen molar-refractivity contribution in [3.63, 3.8) is 0 Å². The highest BCUT2D eigenvalue weighted by molar-refractivity contribution is 8.00. The minimum Gasteiger partial charge on any atom is -0.327 e. The number of aryl methyl sites for hydroxylation is 2. The van der Waals surface area contributed by atoms with Crippen molar-refractivity contribution in [2.45, 2.75) is 39.7 Å². The molecule has 0 aliphatic carbocycles. The van der Waals surface area contributed by atoms with Gasteiger partial charge < -0.3 is 11.1 Å². The van der Waals surface area contributed by atoms with Crippen LogP contribution in [0.1, 0.15) is 31.4 Å². The van der Waals surface area contributed by atoms with Crippen LogP contribution in [0.5, 0.6) is 0 Å². The van der Waals surface area contributed by atoms with Gasteiger partial charge in [-0.2, -0.15) is 11.8 Å². The van der Waals surface area contributed by atoms with E-state index in [1.54, 1.807) is 11.8 Å². The first-order valence-corrected chi connectivity index (χ1v) is 7.95. The molecule has 0 fully saturated rings. The van der Waals surface area contributed by atoms with Gasteiger partial charge in [-0.25, -0.2) is 0 Å². The number of nitrogens with two attached hydrogens (primary N) is 1. The number of hydrogen-bond donors (Lipinski definition) is 2. The van der Waals surface area contributed by atoms with Gasteiger partial charge in [-0.15, -0.1) is 0 Å². The van der Waals surface area contributed by atoms with Crippen molar-refractivity contribution in [2.24, 2.45) is 5.73 Å². The third-order valence-electron chi connectivity index (χ3n) is 3.09. The van der Waals surface area contributed by atoms with Gasteiger partial charge in [-0.1, -0.05) is 32.0 Å². The quantitative estimate of drug-likeness (QED) is 0.807. The standard InChI is InChI=1S/C15H24N2OS/c1-4-12-8-6-7-11(3)15(12)17-14(18)10-19-9-13(16)5-2/h6-8,13H,4-5,9-10,16H2,1-3H3,(H,17,18). The number of benzene rings is 1. The Labute approximate surface area is 120 Å². The Morgan fingerprint density at radius 2 is 2.16 bits per heavy atom. The van der Waals surface area contributed by atoms with Gasteiger partial charge >= 0.3 is 0 Å². The number of amides is 1. The predicted molar refractivity (Wildman–Crippen MR) is 84.8 cm³/mol. The number of para-hydroxylation sites is 1. The molecule has 1 aromatic carbocycles. The van der Waals surface area contributed by atoms with Crippen molar-refractivity contribution >= 4 is 23.4 Å². The lowest BCUT2D eigenvalue weighted by Crippen LogP contribution is -2.23. The van der Waals surface area contributed by atoms with Gasteiger partial charge in [0.1, 0.15) is 0 Å². The molecule has 106 valence electrons. The summed E-state index contributed by atoms with van der Waals surface area (Å²) in [6.45, 7) is 6.18. The van der Waals surface area contributed by atoms with Crippen molar-refractivity contribution in [3.05, 3.63) is 29.3 Å². The van der Waals surface area contributed by atoms with Gasteiger partial charge in [-0.3, -0.25) is 4.79 Å². The average Bonchev–Trinajstić information content (AvgIpc) is 2.40. The molecule has 0 saturated heterocycles. The summed E-state index contributed by atoms with van der Waals surface area (Å²) in [6, 6.07) is 6.29. The van der Waals surface area contributed by atoms with Crippen LogP contribution in [0.15, 0.2) is 18.2 Å². The van der Waals surface area contributed by atoms with Crippen molar-refractivity contribution in [3.8, 4) is 0 Å². The van der Waals surface area contributed by atoms with Crippen LogP contribution in [0.4, 0.5) is 5.69 Å². The first-order valence-electron chi connectivity index (χ1n) is 6.80. The minimum atomic E-state index is 0.0531. The summed E-state index contributed by atoms with van der Waals surface area (Å²) in [5.41, 5.74) is 9.09. The molecule has 3 nitrogen and oxygen atoms in total. The third kappa shape index (κ3) is 5.25. The highest BCUT2D eigenvalue weighted by Gasteiger charge is 2.09. The number of anilines is 1. The summed E-state index contributed by atoms with van der Waals surface area (Å²) < 4.78 is 0. The molecule has 1 atom stereocenters.